The van der Waals surface area contributed by atoms with Gasteiger partial charge in [0.2, 0.25) is 0 Å². The molecule has 0 saturated carbocycles. The van der Waals surface area contributed by atoms with Crippen molar-refractivity contribution in [3.05, 3.63) is 59.4 Å². The van der Waals surface area contributed by atoms with E-state index < -0.39 is 5.82 Å². The normalized spacial score (nSPS) is 9.74. The molecule has 0 heterocycles. The van der Waals surface area contributed by atoms with E-state index in [0.717, 1.165) is 0 Å². The second kappa shape index (κ2) is 5.32. The van der Waals surface area contributed by atoms with Crippen molar-refractivity contribution in [2.45, 2.75) is 6.92 Å². The highest BCUT2D eigenvalue weighted by molar-refractivity contribution is 5.94. The summed E-state index contributed by atoms with van der Waals surface area (Å²) >= 11 is 0. The van der Waals surface area contributed by atoms with E-state index in [-0.39, 0.29) is 17.1 Å². The Morgan fingerprint density at radius 2 is 1.89 bits per heavy atom. The number of halogens is 1. The van der Waals surface area contributed by atoms with Crippen LogP contribution >= 0.6 is 0 Å². The first-order valence-corrected chi connectivity index (χ1v) is 5.59. The first kappa shape index (κ1) is 12.8. The van der Waals surface area contributed by atoms with Crippen LogP contribution in [-0.4, -0.2) is 5.78 Å². The molecule has 0 aromatic heterocycles. The first-order valence-electron chi connectivity index (χ1n) is 5.59. The second-order valence-corrected chi connectivity index (χ2v) is 3.91. The fraction of sp³-hybridized carbons (Fsp3) is 0.0667. The number of hydrogen-bond donors (Lipinski definition) is 0. The molecule has 0 N–H and O–H groups in total. The molecule has 0 spiro atoms. The van der Waals surface area contributed by atoms with Crippen LogP contribution in [0.2, 0.25) is 0 Å². The Bertz CT molecular complexity index is 657. The summed E-state index contributed by atoms with van der Waals surface area (Å²) in [5.41, 5.74) is 0.422. The molecule has 0 aliphatic carbocycles. The number of ketones is 1. The average Bonchev–Trinajstić information content (AvgIpc) is 2.39. The average molecular weight is 255 g/mol. The molecule has 0 saturated heterocycles. The van der Waals surface area contributed by atoms with Crippen LogP contribution in [0.25, 0.3) is 0 Å². The van der Waals surface area contributed by atoms with E-state index in [9.17, 15) is 9.18 Å². The quantitative estimate of drug-likeness (QED) is 0.786. The van der Waals surface area contributed by atoms with Crippen LogP contribution in [0.3, 0.4) is 0 Å². The smallest absolute Gasteiger partial charge is 0.159 e. The molecule has 3 nitrogen and oxygen atoms in total. The van der Waals surface area contributed by atoms with Gasteiger partial charge < -0.3 is 4.74 Å². The predicted molar refractivity (Wildman–Crippen MR) is 67.6 cm³/mol. The molecule has 0 amide bonds. The zero-order valence-corrected chi connectivity index (χ0v) is 10.2. The van der Waals surface area contributed by atoms with Crippen molar-refractivity contribution in [2.75, 3.05) is 0 Å². The number of carbonyl (C=O) groups excluding carboxylic acids is 1. The molecular formula is C15H10FNO2. The Morgan fingerprint density at radius 3 is 2.47 bits per heavy atom. The van der Waals surface area contributed by atoms with Crippen LogP contribution in [0.4, 0.5) is 4.39 Å². The lowest BCUT2D eigenvalue weighted by atomic mass is 10.1. The van der Waals surface area contributed by atoms with Gasteiger partial charge in [0.15, 0.2) is 5.78 Å². The van der Waals surface area contributed by atoms with Crippen LogP contribution < -0.4 is 4.74 Å². The zero-order valence-electron chi connectivity index (χ0n) is 10.2. The zero-order chi connectivity index (χ0) is 13.8. The Balaban J connectivity index is 2.29. The molecule has 2 aromatic carbocycles. The van der Waals surface area contributed by atoms with Crippen molar-refractivity contribution in [3.8, 4) is 17.6 Å². The number of carbonyl (C=O) groups is 1. The second-order valence-electron chi connectivity index (χ2n) is 3.91. The van der Waals surface area contributed by atoms with Crippen LogP contribution in [0.15, 0.2) is 42.5 Å². The van der Waals surface area contributed by atoms with E-state index in [1.54, 1.807) is 30.3 Å². The van der Waals surface area contributed by atoms with E-state index in [2.05, 4.69) is 0 Å². The summed E-state index contributed by atoms with van der Waals surface area (Å²) in [5, 5.41) is 8.88. The lowest BCUT2D eigenvalue weighted by molar-refractivity contribution is 0.101. The fourth-order valence-electron chi connectivity index (χ4n) is 1.58. The molecule has 0 aliphatic heterocycles. The molecule has 0 unspecified atom stereocenters. The number of hydrogen-bond acceptors (Lipinski definition) is 3. The molecule has 2 rings (SSSR count). The van der Waals surface area contributed by atoms with Crippen LogP contribution in [0, 0.1) is 17.1 Å². The molecule has 0 aliphatic rings. The maximum absolute atomic E-state index is 13.4. The monoisotopic (exact) mass is 255 g/mol. The van der Waals surface area contributed by atoms with Gasteiger partial charge in [-0.2, -0.15) is 5.26 Å². The summed E-state index contributed by atoms with van der Waals surface area (Å²) in [6.45, 7) is 1.47. The summed E-state index contributed by atoms with van der Waals surface area (Å²) in [7, 11) is 0. The number of nitriles is 1. The standard InChI is InChI=1S/C15H10FNO2/c1-10(18)11-5-7-12(8-6-11)19-15-4-2-3-14(16)13(15)9-17/h2-8H,1H3. The summed E-state index contributed by atoms with van der Waals surface area (Å²) in [6, 6.07) is 12.4. The molecule has 2 aromatic rings. The lowest BCUT2D eigenvalue weighted by Crippen LogP contribution is -1.93. The summed E-state index contributed by atoms with van der Waals surface area (Å²) in [4.78, 5) is 11.1. The molecule has 19 heavy (non-hydrogen) atoms. The van der Waals surface area contributed by atoms with Gasteiger partial charge in [-0.05, 0) is 43.3 Å². The van der Waals surface area contributed by atoms with Gasteiger partial charge in [-0.15, -0.1) is 0 Å². The molecular weight excluding hydrogens is 245 g/mol. The van der Waals surface area contributed by atoms with Gasteiger partial charge in [-0.3, -0.25) is 4.79 Å². The largest absolute Gasteiger partial charge is 0.456 e. The van der Waals surface area contributed by atoms with Gasteiger partial charge in [0.1, 0.15) is 28.9 Å². The van der Waals surface area contributed by atoms with Crippen LogP contribution in [0.5, 0.6) is 11.5 Å². The molecule has 0 radical (unpaired) electrons. The van der Waals surface area contributed by atoms with Crippen molar-refractivity contribution in [3.63, 3.8) is 0 Å². The van der Waals surface area contributed by atoms with Gasteiger partial charge in [0, 0.05) is 5.56 Å². The number of benzene rings is 2. The van der Waals surface area contributed by atoms with Crippen molar-refractivity contribution in [2.24, 2.45) is 0 Å². The third-order valence-electron chi connectivity index (χ3n) is 2.58. The maximum atomic E-state index is 13.4. The third-order valence-corrected chi connectivity index (χ3v) is 2.58. The number of rotatable bonds is 3. The van der Waals surface area contributed by atoms with E-state index in [0.29, 0.717) is 11.3 Å². The van der Waals surface area contributed by atoms with Gasteiger partial charge in [0.25, 0.3) is 0 Å². The lowest BCUT2D eigenvalue weighted by Gasteiger charge is -2.08. The summed E-state index contributed by atoms with van der Waals surface area (Å²) < 4.78 is 18.8. The van der Waals surface area contributed by atoms with Crippen LogP contribution in [0.1, 0.15) is 22.8 Å². The highest BCUT2D eigenvalue weighted by atomic mass is 19.1. The SMILES string of the molecule is CC(=O)c1ccc(Oc2cccc(F)c2C#N)cc1. The number of Topliss-reactive ketones (excluding diaryl/α,β-unsaturated/α-hetero) is 1. The predicted octanol–water partition coefficient (Wildman–Crippen LogP) is 3.69. The van der Waals surface area contributed by atoms with Crippen molar-refractivity contribution in [1.29, 1.82) is 5.26 Å². The van der Waals surface area contributed by atoms with Crippen LogP contribution in [-0.2, 0) is 0 Å². The molecule has 94 valence electrons. The van der Waals surface area contributed by atoms with Gasteiger partial charge in [-0.1, -0.05) is 6.07 Å². The Labute approximate surface area is 109 Å². The topological polar surface area (TPSA) is 50.1 Å². The number of nitrogens with zero attached hydrogens (tertiary/aromatic N) is 1. The van der Waals surface area contributed by atoms with Gasteiger partial charge in [0.05, 0.1) is 0 Å². The van der Waals surface area contributed by atoms with E-state index >= 15 is 0 Å². The summed E-state index contributed by atoms with van der Waals surface area (Å²) in [5.74, 6) is -0.0828. The third kappa shape index (κ3) is 2.78. The number of ether oxygens (including phenoxy) is 1. The van der Waals surface area contributed by atoms with E-state index in [1.165, 1.54) is 25.1 Å². The van der Waals surface area contributed by atoms with Gasteiger partial charge >= 0.3 is 0 Å². The maximum Gasteiger partial charge on any atom is 0.159 e. The Morgan fingerprint density at radius 1 is 1.21 bits per heavy atom. The fourth-order valence-corrected chi connectivity index (χ4v) is 1.58. The minimum absolute atomic E-state index is 0.0463. The van der Waals surface area contributed by atoms with Gasteiger partial charge in [-0.25, -0.2) is 4.39 Å². The van der Waals surface area contributed by atoms with Crippen molar-refractivity contribution in [1.82, 2.24) is 0 Å². The highest BCUT2D eigenvalue weighted by Crippen LogP contribution is 2.26. The molecule has 0 bridgehead atoms. The Kier molecular flexibility index (Phi) is 3.58. The Hall–Kier alpha value is -2.67. The minimum Gasteiger partial charge on any atom is -0.456 e. The van der Waals surface area contributed by atoms with E-state index in [4.69, 9.17) is 10.00 Å². The first-order chi connectivity index (χ1) is 9.11. The summed E-state index contributed by atoms with van der Waals surface area (Å²) in [6.07, 6.45) is 0. The van der Waals surface area contributed by atoms with Crippen molar-refractivity contribution < 1.29 is 13.9 Å². The molecule has 4 heteroatoms. The molecule has 0 atom stereocenters. The van der Waals surface area contributed by atoms with E-state index in [1.807, 2.05) is 0 Å². The van der Waals surface area contributed by atoms with Crippen molar-refractivity contribution >= 4 is 5.78 Å². The highest BCUT2D eigenvalue weighted by Gasteiger charge is 2.09. The minimum atomic E-state index is -0.625. The molecule has 0 fully saturated rings.